The Balaban J connectivity index is 1.75. The van der Waals surface area contributed by atoms with Crippen LogP contribution in [-0.4, -0.2) is 31.8 Å². The first-order chi connectivity index (χ1) is 11.8. The van der Waals surface area contributed by atoms with Crippen LogP contribution >= 0.6 is 0 Å². The number of nitrogens with zero attached hydrogens (tertiary/aromatic N) is 1. The summed E-state index contributed by atoms with van der Waals surface area (Å²) in [6.07, 6.45) is 6.32. The predicted molar refractivity (Wildman–Crippen MR) is 97.9 cm³/mol. The zero-order valence-electron chi connectivity index (χ0n) is 14.8. The Morgan fingerprint density at radius 1 is 1.17 bits per heavy atom. The summed E-state index contributed by atoms with van der Waals surface area (Å²) in [5, 5.41) is 3.35. The van der Waals surface area contributed by atoms with E-state index in [0.29, 0.717) is 38.4 Å². The summed E-state index contributed by atoms with van der Waals surface area (Å²) in [6.45, 7) is 5.17. The molecule has 1 aliphatic carbocycles. The van der Waals surface area contributed by atoms with E-state index >= 15 is 0 Å². The molecular formula is C19H31N3O2. The van der Waals surface area contributed by atoms with Crippen molar-refractivity contribution in [2.24, 2.45) is 10.7 Å². The van der Waals surface area contributed by atoms with Gasteiger partial charge < -0.3 is 20.5 Å². The van der Waals surface area contributed by atoms with Gasteiger partial charge in [-0.3, -0.25) is 0 Å². The van der Waals surface area contributed by atoms with E-state index < -0.39 is 0 Å². The van der Waals surface area contributed by atoms with Gasteiger partial charge in [0.05, 0.1) is 26.4 Å². The van der Waals surface area contributed by atoms with Crippen molar-refractivity contribution in [3.8, 4) is 0 Å². The van der Waals surface area contributed by atoms with Gasteiger partial charge in [0.15, 0.2) is 5.96 Å². The van der Waals surface area contributed by atoms with Gasteiger partial charge in [-0.15, -0.1) is 0 Å². The van der Waals surface area contributed by atoms with E-state index in [9.17, 15) is 0 Å². The molecule has 5 nitrogen and oxygen atoms in total. The van der Waals surface area contributed by atoms with Crippen LogP contribution in [0.5, 0.6) is 0 Å². The molecule has 0 unspecified atom stereocenters. The van der Waals surface area contributed by atoms with Gasteiger partial charge in [-0.05, 0) is 30.9 Å². The molecule has 0 amide bonds. The first kappa shape index (κ1) is 18.7. The van der Waals surface area contributed by atoms with Gasteiger partial charge in [-0.1, -0.05) is 43.5 Å². The Labute approximate surface area is 145 Å². The van der Waals surface area contributed by atoms with Crippen LogP contribution in [0.3, 0.4) is 0 Å². The fraction of sp³-hybridized carbons (Fsp3) is 0.632. The first-order valence-corrected chi connectivity index (χ1v) is 9.07. The lowest BCUT2D eigenvalue weighted by Gasteiger charge is -2.23. The van der Waals surface area contributed by atoms with E-state index in [1.54, 1.807) is 0 Å². The van der Waals surface area contributed by atoms with Gasteiger partial charge >= 0.3 is 0 Å². The first-order valence-electron chi connectivity index (χ1n) is 9.07. The second kappa shape index (κ2) is 11.0. The van der Waals surface area contributed by atoms with Crippen LogP contribution in [0.2, 0.25) is 0 Å². The van der Waals surface area contributed by atoms with E-state index in [0.717, 1.165) is 17.7 Å². The highest BCUT2D eigenvalue weighted by Gasteiger charge is 2.13. The maximum absolute atomic E-state index is 6.02. The Morgan fingerprint density at radius 2 is 1.92 bits per heavy atom. The van der Waals surface area contributed by atoms with Crippen molar-refractivity contribution in [1.29, 1.82) is 0 Å². The molecule has 0 aromatic heterocycles. The zero-order valence-corrected chi connectivity index (χ0v) is 14.8. The number of aliphatic imine (C=N–C) groups is 1. The van der Waals surface area contributed by atoms with Crippen LogP contribution < -0.4 is 11.1 Å². The average molecular weight is 333 g/mol. The van der Waals surface area contributed by atoms with E-state index in [1.807, 2.05) is 13.0 Å². The highest BCUT2D eigenvalue weighted by molar-refractivity contribution is 5.78. The highest BCUT2D eigenvalue weighted by Crippen LogP contribution is 2.17. The third-order valence-corrected chi connectivity index (χ3v) is 4.23. The molecule has 0 bridgehead atoms. The van der Waals surface area contributed by atoms with Gasteiger partial charge in [0, 0.05) is 12.6 Å². The number of hydrogen-bond donors (Lipinski definition) is 2. The monoisotopic (exact) mass is 333 g/mol. The number of guanidine groups is 1. The van der Waals surface area contributed by atoms with E-state index in [4.69, 9.17) is 15.2 Å². The van der Waals surface area contributed by atoms with Crippen LogP contribution in [0.15, 0.2) is 29.3 Å². The zero-order chi connectivity index (χ0) is 17.0. The van der Waals surface area contributed by atoms with Gasteiger partial charge in [0.2, 0.25) is 0 Å². The average Bonchev–Trinajstić information content (AvgIpc) is 2.61. The van der Waals surface area contributed by atoms with Crippen molar-refractivity contribution in [2.75, 3.05) is 19.8 Å². The summed E-state index contributed by atoms with van der Waals surface area (Å²) in [5.74, 6) is 0.556. The summed E-state index contributed by atoms with van der Waals surface area (Å²) in [4.78, 5) is 4.47. The summed E-state index contributed by atoms with van der Waals surface area (Å²) < 4.78 is 10.9. The van der Waals surface area contributed by atoms with E-state index in [1.165, 1.54) is 32.1 Å². The molecule has 2 rings (SSSR count). The third-order valence-electron chi connectivity index (χ3n) is 4.23. The van der Waals surface area contributed by atoms with Crippen molar-refractivity contribution in [3.63, 3.8) is 0 Å². The second-order valence-electron chi connectivity index (χ2n) is 6.25. The lowest BCUT2D eigenvalue weighted by atomic mass is 9.96. The molecule has 1 aromatic carbocycles. The number of nitrogens with one attached hydrogen (secondary N) is 1. The van der Waals surface area contributed by atoms with E-state index in [2.05, 4.69) is 28.5 Å². The molecule has 134 valence electrons. The minimum Gasteiger partial charge on any atom is -0.379 e. The van der Waals surface area contributed by atoms with Crippen LogP contribution in [0.1, 0.15) is 50.2 Å². The minimum absolute atomic E-state index is 0.493. The number of ether oxygens (including phenoxy) is 2. The molecule has 0 atom stereocenters. The SMILES string of the molecule is CCOCCOCc1cccc(CN=C(N)NC2CCCCC2)c1. The van der Waals surface area contributed by atoms with Crippen LogP contribution in [-0.2, 0) is 22.6 Å². The Kier molecular flexibility index (Phi) is 8.63. The Bertz CT molecular complexity index is 499. The maximum atomic E-state index is 6.02. The van der Waals surface area contributed by atoms with Gasteiger partial charge in [0.1, 0.15) is 0 Å². The predicted octanol–water partition coefficient (Wildman–Crippen LogP) is 2.98. The lowest BCUT2D eigenvalue weighted by Crippen LogP contribution is -2.41. The summed E-state index contributed by atoms with van der Waals surface area (Å²) in [7, 11) is 0. The van der Waals surface area contributed by atoms with Crippen LogP contribution in [0, 0.1) is 0 Å². The number of nitrogens with two attached hydrogens (primary N) is 1. The van der Waals surface area contributed by atoms with Crippen molar-refractivity contribution >= 4 is 5.96 Å². The number of benzene rings is 1. The standard InChI is InChI=1S/C19H31N3O2/c1-2-23-11-12-24-15-17-8-6-7-16(13-17)14-21-19(20)22-18-9-4-3-5-10-18/h6-8,13,18H,2-5,9-12,14-15H2,1H3,(H3,20,21,22). The molecule has 1 aliphatic rings. The van der Waals surface area contributed by atoms with E-state index in [-0.39, 0.29) is 0 Å². The van der Waals surface area contributed by atoms with Crippen molar-refractivity contribution in [3.05, 3.63) is 35.4 Å². The molecule has 3 N–H and O–H groups in total. The van der Waals surface area contributed by atoms with Crippen LogP contribution in [0.25, 0.3) is 0 Å². The molecular weight excluding hydrogens is 302 g/mol. The smallest absolute Gasteiger partial charge is 0.189 e. The second-order valence-corrected chi connectivity index (χ2v) is 6.25. The number of rotatable bonds is 9. The topological polar surface area (TPSA) is 68.9 Å². The normalized spacial score (nSPS) is 16.3. The summed E-state index contributed by atoms with van der Waals surface area (Å²) in [5.41, 5.74) is 8.32. The largest absolute Gasteiger partial charge is 0.379 e. The summed E-state index contributed by atoms with van der Waals surface area (Å²) >= 11 is 0. The fourth-order valence-electron chi connectivity index (χ4n) is 2.95. The number of hydrogen-bond acceptors (Lipinski definition) is 3. The molecule has 0 spiro atoms. The van der Waals surface area contributed by atoms with Crippen LogP contribution in [0.4, 0.5) is 0 Å². The molecule has 1 saturated carbocycles. The minimum atomic E-state index is 0.493. The molecule has 1 aromatic rings. The van der Waals surface area contributed by atoms with Gasteiger partial charge in [0.25, 0.3) is 0 Å². The van der Waals surface area contributed by atoms with Crippen molar-refractivity contribution in [2.45, 2.75) is 58.2 Å². The maximum Gasteiger partial charge on any atom is 0.189 e. The van der Waals surface area contributed by atoms with Gasteiger partial charge in [-0.2, -0.15) is 0 Å². The molecule has 0 radical (unpaired) electrons. The fourth-order valence-corrected chi connectivity index (χ4v) is 2.95. The highest BCUT2D eigenvalue weighted by atomic mass is 16.5. The van der Waals surface area contributed by atoms with Gasteiger partial charge in [-0.25, -0.2) is 4.99 Å². The Morgan fingerprint density at radius 3 is 2.71 bits per heavy atom. The molecule has 0 saturated heterocycles. The lowest BCUT2D eigenvalue weighted by molar-refractivity contribution is 0.0453. The molecule has 5 heteroatoms. The molecule has 0 aliphatic heterocycles. The molecule has 0 heterocycles. The quantitative estimate of drug-likeness (QED) is 0.414. The van der Waals surface area contributed by atoms with Crippen molar-refractivity contribution in [1.82, 2.24) is 5.32 Å². The molecule has 1 fully saturated rings. The van der Waals surface area contributed by atoms with Crippen molar-refractivity contribution < 1.29 is 9.47 Å². The third kappa shape index (κ3) is 7.32. The molecule has 24 heavy (non-hydrogen) atoms. The summed E-state index contributed by atoms with van der Waals surface area (Å²) in [6, 6.07) is 8.79. The Hall–Kier alpha value is -1.59.